The van der Waals surface area contributed by atoms with Crippen LogP contribution in [-0.2, 0) is 9.47 Å². The van der Waals surface area contributed by atoms with Gasteiger partial charge in [0.25, 0.3) is 0 Å². The van der Waals surface area contributed by atoms with Crippen LogP contribution in [0.15, 0.2) is 0 Å². The van der Waals surface area contributed by atoms with E-state index < -0.39 is 0 Å². The summed E-state index contributed by atoms with van der Waals surface area (Å²) >= 11 is 0. The van der Waals surface area contributed by atoms with E-state index in [4.69, 9.17) is 9.47 Å². The Labute approximate surface area is 91.5 Å². The first-order chi connectivity index (χ1) is 7.27. The first-order valence-corrected chi connectivity index (χ1v) is 6.31. The average Bonchev–Trinajstić information content (AvgIpc) is 2.84. The number of hydrogen-bond donors (Lipinski definition) is 1. The molecule has 1 saturated heterocycles. The summed E-state index contributed by atoms with van der Waals surface area (Å²) in [6.45, 7) is 3.91. The van der Waals surface area contributed by atoms with Crippen molar-refractivity contribution < 1.29 is 9.47 Å². The van der Waals surface area contributed by atoms with Crippen molar-refractivity contribution in [2.24, 2.45) is 5.92 Å². The molecule has 2 aliphatic carbocycles. The Morgan fingerprint density at radius 1 is 1.13 bits per heavy atom. The van der Waals surface area contributed by atoms with E-state index >= 15 is 0 Å². The number of nitrogens with one attached hydrogen (secondary N) is 1. The van der Waals surface area contributed by atoms with Gasteiger partial charge in [0, 0.05) is 24.9 Å². The van der Waals surface area contributed by atoms with Crippen molar-refractivity contribution in [3.8, 4) is 0 Å². The Balaban J connectivity index is 1.52. The molecule has 3 aliphatic rings. The molecule has 1 spiro atoms. The highest BCUT2D eigenvalue weighted by atomic mass is 16.7. The van der Waals surface area contributed by atoms with Gasteiger partial charge in [0.15, 0.2) is 5.79 Å². The highest BCUT2D eigenvalue weighted by molar-refractivity contribution is 4.94. The normalized spacial score (nSPS) is 43.4. The Bertz CT molecular complexity index is 238. The summed E-state index contributed by atoms with van der Waals surface area (Å²) in [4.78, 5) is 0. The van der Waals surface area contributed by atoms with Crippen LogP contribution in [0.5, 0.6) is 0 Å². The van der Waals surface area contributed by atoms with E-state index in [-0.39, 0.29) is 5.79 Å². The Morgan fingerprint density at radius 3 is 2.53 bits per heavy atom. The van der Waals surface area contributed by atoms with E-state index in [9.17, 15) is 0 Å². The fraction of sp³-hybridized carbons (Fsp3) is 1.00. The van der Waals surface area contributed by atoms with Gasteiger partial charge in [-0.15, -0.1) is 0 Å². The molecule has 3 fully saturated rings. The average molecular weight is 211 g/mol. The maximum absolute atomic E-state index is 5.73. The molecule has 3 unspecified atom stereocenters. The van der Waals surface area contributed by atoms with Crippen molar-refractivity contribution in [3.05, 3.63) is 0 Å². The van der Waals surface area contributed by atoms with Gasteiger partial charge in [-0.3, -0.25) is 0 Å². The third kappa shape index (κ3) is 1.81. The third-order valence-corrected chi connectivity index (χ3v) is 4.31. The van der Waals surface area contributed by atoms with E-state index in [2.05, 4.69) is 12.2 Å². The molecular formula is C12H21NO2. The van der Waals surface area contributed by atoms with Gasteiger partial charge in [-0.05, 0) is 25.2 Å². The fourth-order valence-electron chi connectivity index (χ4n) is 3.09. The Hall–Kier alpha value is -0.120. The quantitative estimate of drug-likeness (QED) is 0.753. The van der Waals surface area contributed by atoms with Crippen LogP contribution in [0.3, 0.4) is 0 Å². The van der Waals surface area contributed by atoms with Crippen molar-refractivity contribution in [1.29, 1.82) is 0 Å². The maximum atomic E-state index is 5.73. The van der Waals surface area contributed by atoms with Crippen LogP contribution in [0, 0.1) is 5.92 Å². The van der Waals surface area contributed by atoms with E-state index in [0.29, 0.717) is 6.04 Å². The van der Waals surface area contributed by atoms with Gasteiger partial charge in [0.2, 0.25) is 0 Å². The van der Waals surface area contributed by atoms with Crippen LogP contribution in [-0.4, -0.2) is 31.1 Å². The molecule has 0 amide bonds. The van der Waals surface area contributed by atoms with Gasteiger partial charge in [0.1, 0.15) is 0 Å². The minimum absolute atomic E-state index is 0.204. The molecular weight excluding hydrogens is 190 g/mol. The predicted octanol–water partition coefficient (Wildman–Crippen LogP) is 1.67. The summed E-state index contributed by atoms with van der Waals surface area (Å²) in [7, 11) is 0. The van der Waals surface area contributed by atoms with Crippen molar-refractivity contribution in [1.82, 2.24) is 5.32 Å². The summed E-state index contributed by atoms with van der Waals surface area (Å²) in [5.41, 5.74) is 0. The molecule has 3 heteroatoms. The van der Waals surface area contributed by atoms with Gasteiger partial charge in [-0.25, -0.2) is 0 Å². The maximum Gasteiger partial charge on any atom is 0.170 e. The highest BCUT2D eigenvalue weighted by Gasteiger charge is 2.45. The summed E-state index contributed by atoms with van der Waals surface area (Å²) in [5.74, 6) is 0.664. The predicted molar refractivity (Wildman–Crippen MR) is 57.6 cm³/mol. The standard InChI is InChI=1S/C12H21NO2/c1-9-2-3-11(9)13-10-4-5-12(8-10)14-6-7-15-12/h9-11,13H,2-8H2,1H3. The molecule has 1 aliphatic heterocycles. The van der Waals surface area contributed by atoms with Crippen LogP contribution < -0.4 is 5.32 Å². The molecule has 3 rings (SSSR count). The van der Waals surface area contributed by atoms with Gasteiger partial charge in [0.05, 0.1) is 13.2 Å². The highest BCUT2D eigenvalue weighted by Crippen LogP contribution is 2.38. The molecule has 0 bridgehead atoms. The summed E-state index contributed by atoms with van der Waals surface area (Å²) in [5, 5.41) is 3.76. The Morgan fingerprint density at radius 2 is 1.93 bits per heavy atom. The molecule has 3 atom stereocenters. The zero-order chi connectivity index (χ0) is 10.3. The lowest BCUT2D eigenvalue weighted by Crippen LogP contribution is -2.47. The number of rotatable bonds is 2. The molecule has 86 valence electrons. The van der Waals surface area contributed by atoms with Crippen molar-refractivity contribution >= 4 is 0 Å². The zero-order valence-electron chi connectivity index (χ0n) is 9.50. The second-order valence-electron chi connectivity index (χ2n) is 5.38. The van der Waals surface area contributed by atoms with Crippen LogP contribution in [0.2, 0.25) is 0 Å². The lowest BCUT2D eigenvalue weighted by molar-refractivity contribution is -0.151. The number of hydrogen-bond acceptors (Lipinski definition) is 3. The van der Waals surface area contributed by atoms with E-state index in [1.807, 2.05) is 0 Å². The monoisotopic (exact) mass is 211 g/mol. The zero-order valence-corrected chi connectivity index (χ0v) is 9.50. The largest absolute Gasteiger partial charge is 0.347 e. The van der Waals surface area contributed by atoms with E-state index in [1.54, 1.807) is 0 Å². The Kier molecular flexibility index (Phi) is 2.49. The van der Waals surface area contributed by atoms with Gasteiger partial charge in [-0.1, -0.05) is 6.92 Å². The molecule has 15 heavy (non-hydrogen) atoms. The molecule has 0 radical (unpaired) electrons. The minimum atomic E-state index is -0.204. The van der Waals surface area contributed by atoms with Gasteiger partial charge in [-0.2, -0.15) is 0 Å². The van der Waals surface area contributed by atoms with Crippen LogP contribution in [0.25, 0.3) is 0 Å². The summed E-state index contributed by atoms with van der Waals surface area (Å²) in [6.07, 6.45) is 6.08. The lowest BCUT2D eigenvalue weighted by Gasteiger charge is -2.37. The second kappa shape index (κ2) is 3.72. The van der Waals surface area contributed by atoms with Gasteiger partial charge < -0.3 is 14.8 Å². The molecule has 0 aromatic heterocycles. The fourth-order valence-corrected chi connectivity index (χ4v) is 3.09. The smallest absolute Gasteiger partial charge is 0.170 e. The van der Waals surface area contributed by atoms with Crippen LogP contribution >= 0.6 is 0 Å². The minimum Gasteiger partial charge on any atom is -0.347 e. The second-order valence-corrected chi connectivity index (χ2v) is 5.38. The van der Waals surface area contributed by atoms with Crippen LogP contribution in [0.1, 0.15) is 39.0 Å². The summed E-state index contributed by atoms with van der Waals surface area (Å²) < 4.78 is 11.5. The molecule has 0 aromatic carbocycles. The lowest BCUT2D eigenvalue weighted by atomic mass is 9.80. The van der Waals surface area contributed by atoms with Crippen molar-refractivity contribution in [3.63, 3.8) is 0 Å². The van der Waals surface area contributed by atoms with E-state index in [0.717, 1.165) is 38.0 Å². The van der Waals surface area contributed by atoms with Crippen molar-refractivity contribution in [2.45, 2.75) is 56.9 Å². The van der Waals surface area contributed by atoms with Gasteiger partial charge >= 0.3 is 0 Å². The topological polar surface area (TPSA) is 30.5 Å². The molecule has 2 saturated carbocycles. The molecule has 3 nitrogen and oxygen atoms in total. The molecule has 1 N–H and O–H groups in total. The third-order valence-electron chi connectivity index (χ3n) is 4.31. The van der Waals surface area contributed by atoms with E-state index in [1.165, 1.54) is 19.3 Å². The first kappa shape index (κ1) is 10.1. The molecule has 0 aromatic rings. The van der Waals surface area contributed by atoms with Crippen molar-refractivity contribution in [2.75, 3.05) is 13.2 Å². The SMILES string of the molecule is CC1CCC1NC1CCC2(C1)OCCO2. The summed E-state index contributed by atoms with van der Waals surface area (Å²) in [6, 6.07) is 1.38. The number of ether oxygens (including phenoxy) is 2. The first-order valence-electron chi connectivity index (χ1n) is 6.31. The van der Waals surface area contributed by atoms with Crippen LogP contribution in [0.4, 0.5) is 0 Å². The molecule has 1 heterocycles.